The van der Waals surface area contributed by atoms with Gasteiger partial charge in [0.2, 0.25) is 0 Å². The summed E-state index contributed by atoms with van der Waals surface area (Å²) in [4.78, 5) is 66.2. The van der Waals surface area contributed by atoms with Crippen LogP contribution in [0.3, 0.4) is 0 Å². The lowest BCUT2D eigenvalue weighted by Crippen LogP contribution is -2.17. The van der Waals surface area contributed by atoms with E-state index < -0.39 is 65.4 Å². The van der Waals surface area contributed by atoms with Crippen LogP contribution in [0, 0.1) is 40.5 Å². The van der Waals surface area contributed by atoms with E-state index >= 15 is 0 Å². The summed E-state index contributed by atoms with van der Waals surface area (Å²) in [6.45, 7) is 0. The number of carbonyl (C=O) groups excluding carboxylic acids is 2. The number of nitrogens with zero attached hydrogens (tertiary/aromatic N) is 4. The molecule has 1 N–H and O–H groups in total. The molecule has 0 atom stereocenters. The molecule has 17 heteroatoms. The monoisotopic (exact) mass is 575 g/mol. The SMILES string of the molecule is O=C(Nc1ccc(Br)cc1OC(=O)c1ccc([N+](=O)[O-])cc1[N+](=O)[O-])c1ccc([N+](=O)[O-])cc1[N+](=O)[O-]. The van der Waals surface area contributed by atoms with Gasteiger partial charge in [-0.25, -0.2) is 4.79 Å². The first-order valence-corrected chi connectivity index (χ1v) is 10.4. The number of carbonyl (C=O) groups is 2. The van der Waals surface area contributed by atoms with Crippen molar-refractivity contribution >= 4 is 56.2 Å². The molecule has 0 heterocycles. The average molecular weight is 576 g/mol. The Labute approximate surface area is 212 Å². The average Bonchev–Trinajstić information content (AvgIpc) is 2.84. The van der Waals surface area contributed by atoms with E-state index in [2.05, 4.69) is 21.2 Å². The number of nitrogens with one attached hydrogen (secondary N) is 1. The Bertz CT molecular complexity index is 1510. The summed E-state index contributed by atoms with van der Waals surface area (Å²) in [5.74, 6) is -2.72. The van der Waals surface area contributed by atoms with Gasteiger partial charge >= 0.3 is 5.97 Å². The Morgan fingerprint density at radius 1 is 0.703 bits per heavy atom. The molecule has 0 saturated carbocycles. The number of hydrogen-bond donors (Lipinski definition) is 1. The molecule has 3 aromatic rings. The van der Waals surface area contributed by atoms with Crippen molar-refractivity contribution in [1.29, 1.82) is 0 Å². The van der Waals surface area contributed by atoms with E-state index in [4.69, 9.17) is 4.74 Å². The third kappa shape index (κ3) is 5.85. The van der Waals surface area contributed by atoms with Crippen molar-refractivity contribution in [2.45, 2.75) is 0 Å². The van der Waals surface area contributed by atoms with Crippen LogP contribution in [-0.4, -0.2) is 31.6 Å². The summed E-state index contributed by atoms with van der Waals surface area (Å²) < 4.78 is 5.53. The van der Waals surface area contributed by atoms with E-state index in [1.165, 1.54) is 18.2 Å². The van der Waals surface area contributed by atoms with Gasteiger partial charge in [0.15, 0.2) is 5.75 Å². The Morgan fingerprint density at radius 2 is 1.22 bits per heavy atom. The van der Waals surface area contributed by atoms with Gasteiger partial charge in [0, 0.05) is 16.6 Å². The predicted octanol–water partition coefficient (Wildman–Crippen LogP) is 4.55. The lowest BCUT2D eigenvalue weighted by molar-refractivity contribution is -0.394. The van der Waals surface area contributed by atoms with Crippen LogP contribution in [0.15, 0.2) is 59.1 Å². The maximum absolute atomic E-state index is 12.8. The first kappa shape index (κ1) is 26.3. The van der Waals surface area contributed by atoms with Crippen molar-refractivity contribution < 1.29 is 34.0 Å². The first-order chi connectivity index (χ1) is 17.4. The fourth-order valence-corrected chi connectivity index (χ4v) is 3.30. The van der Waals surface area contributed by atoms with Gasteiger partial charge < -0.3 is 10.1 Å². The predicted molar refractivity (Wildman–Crippen MR) is 127 cm³/mol. The number of ether oxygens (including phenoxy) is 1. The highest BCUT2D eigenvalue weighted by Gasteiger charge is 2.28. The van der Waals surface area contributed by atoms with Crippen LogP contribution >= 0.6 is 15.9 Å². The van der Waals surface area contributed by atoms with Gasteiger partial charge in [-0.1, -0.05) is 15.9 Å². The van der Waals surface area contributed by atoms with E-state index in [0.717, 1.165) is 24.3 Å². The third-order valence-corrected chi connectivity index (χ3v) is 5.13. The molecule has 37 heavy (non-hydrogen) atoms. The minimum absolute atomic E-state index is 0.196. The quantitative estimate of drug-likeness (QED) is 0.169. The van der Waals surface area contributed by atoms with E-state index in [1.54, 1.807) is 0 Å². The van der Waals surface area contributed by atoms with Gasteiger partial charge in [-0.2, -0.15) is 0 Å². The lowest BCUT2D eigenvalue weighted by Gasteiger charge is -2.12. The zero-order valence-electron chi connectivity index (χ0n) is 17.9. The second-order valence-corrected chi connectivity index (χ2v) is 7.83. The zero-order chi connectivity index (χ0) is 27.4. The minimum Gasteiger partial charge on any atom is -0.420 e. The topological polar surface area (TPSA) is 228 Å². The molecule has 3 rings (SSSR count). The van der Waals surface area contributed by atoms with E-state index in [-0.39, 0.29) is 11.4 Å². The van der Waals surface area contributed by atoms with Crippen LogP contribution in [-0.2, 0) is 0 Å². The zero-order valence-corrected chi connectivity index (χ0v) is 19.4. The summed E-state index contributed by atoms with van der Waals surface area (Å²) in [6.07, 6.45) is 0. The molecule has 0 aromatic heterocycles. The maximum atomic E-state index is 12.8. The largest absolute Gasteiger partial charge is 0.420 e. The molecular weight excluding hydrogens is 566 g/mol. The van der Waals surface area contributed by atoms with Gasteiger partial charge in [-0.15, -0.1) is 0 Å². The molecule has 0 aliphatic carbocycles. The number of esters is 1. The van der Waals surface area contributed by atoms with Crippen molar-refractivity contribution in [3.8, 4) is 5.75 Å². The molecule has 0 aliphatic rings. The second-order valence-electron chi connectivity index (χ2n) is 6.92. The molecule has 1 amide bonds. The van der Waals surface area contributed by atoms with Gasteiger partial charge in [0.1, 0.15) is 11.1 Å². The number of non-ortho nitro benzene ring substituents is 2. The van der Waals surface area contributed by atoms with Gasteiger partial charge in [0.25, 0.3) is 28.7 Å². The summed E-state index contributed by atoms with van der Waals surface area (Å²) in [5, 5.41) is 46.8. The van der Waals surface area contributed by atoms with E-state index in [1.807, 2.05) is 0 Å². The lowest BCUT2D eigenvalue weighted by atomic mass is 10.1. The number of halogens is 1. The molecule has 0 spiro atoms. The third-order valence-electron chi connectivity index (χ3n) is 4.64. The molecular formula is C20H10BrN5O11. The first-order valence-electron chi connectivity index (χ1n) is 9.57. The molecule has 0 fully saturated rings. The van der Waals surface area contributed by atoms with E-state index in [9.17, 15) is 50.0 Å². The summed E-state index contributed by atoms with van der Waals surface area (Å²) in [6, 6.07) is 8.48. The number of anilines is 1. The van der Waals surface area contributed by atoms with Crippen LogP contribution in [0.25, 0.3) is 0 Å². The highest BCUT2D eigenvalue weighted by molar-refractivity contribution is 9.10. The van der Waals surface area contributed by atoms with Crippen LogP contribution in [0.4, 0.5) is 28.4 Å². The molecule has 0 saturated heterocycles. The molecule has 16 nitrogen and oxygen atoms in total. The molecule has 3 aromatic carbocycles. The Balaban J connectivity index is 1.96. The van der Waals surface area contributed by atoms with Gasteiger partial charge in [-0.05, 0) is 30.3 Å². The number of hydrogen-bond acceptors (Lipinski definition) is 11. The molecule has 0 aliphatic heterocycles. The summed E-state index contributed by atoms with van der Waals surface area (Å²) in [7, 11) is 0. The Morgan fingerprint density at radius 3 is 1.73 bits per heavy atom. The number of nitro groups is 4. The normalized spacial score (nSPS) is 10.3. The summed E-state index contributed by atoms with van der Waals surface area (Å²) in [5.41, 5.74) is -4.38. The Hall–Kier alpha value is -5.32. The molecule has 0 radical (unpaired) electrons. The number of benzene rings is 3. The summed E-state index contributed by atoms with van der Waals surface area (Å²) >= 11 is 3.13. The molecule has 0 bridgehead atoms. The Kier molecular flexibility index (Phi) is 7.48. The maximum Gasteiger partial charge on any atom is 0.350 e. The fraction of sp³-hybridized carbons (Fsp3) is 0. The highest BCUT2D eigenvalue weighted by Crippen LogP contribution is 2.33. The number of rotatable bonds is 8. The number of nitro benzene ring substituents is 4. The smallest absolute Gasteiger partial charge is 0.350 e. The number of amides is 1. The minimum atomic E-state index is -1.29. The van der Waals surface area contributed by atoms with Crippen LogP contribution in [0.5, 0.6) is 5.75 Å². The van der Waals surface area contributed by atoms with Crippen molar-refractivity contribution in [3.63, 3.8) is 0 Å². The van der Waals surface area contributed by atoms with Crippen molar-refractivity contribution in [3.05, 3.63) is 111 Å². The van der Waals surface area contributed by atoms with E-state index in [0.29, 0.717) is 16.6 Å². The van der Waals surface area contributed by atoms with Crippen LogP contribution in [0.1, 0.15) is 20.7 Å². The fourth-order valence-electron chi connectivity index (χ4n) is 2.96. The highest BCUT2D eigenvalue weighted by atomic mass is 79.9. The van der Waals surface area contributed by atoms with Crippen molar-refractivity contribution in [1.82, 2.24) is 0 Å². The van der Waals surface area contributed by atoms with Crippen LogP contribution in [0.2, 0.25) is 0 Å². The van der Waals surface area contributed by atoms with Crippen LogP contribution < -0.4 is 10.1 Å². The van der Waals surface area contributed by atoms with Gasteiger partial charge in [0.05, 0.1) is 37.5 Å². The molecule has 188 valence electrons. The van der Waals surface area contributed by atoms with Crippen molar-refractivity contribution in [2.24, 2.45) is 0 Å². The second kappa shape index (κ2) is 10.5. The molecule has 0 unspecified atom stereocenters. The van der Waals surface area contributed by atoms with Gasteiger partial charge in [-0.3, -0.25) is 45.3 Å². The standard InChI is InChI=1S/C20H10BrN5O11/c21-10-1-6-15(22-19(27)13-4-2-11(23(29)30)8-16(13)25(33)34)18(7-10)37-20(28)14-5-3-12(24(31)32)9-17(14)26(35)36/h1-9H,(H,22,27). The van der Waals surface area contributed by atoms with Crippen molar-refractivity contribution in [2.75, 3.05) is 5.32 Å².